The standard InChI is InChI=1S/C8H4ClF4N/c9-7(8(11,12)13)14-6-3-1-5(10)2-4-6/h1-4H/b14-7+. The van der Waals surface area contributed by atoms with E-state index in [9.17, 15) is 17.6 Å². The Bertz CT molecular complexity index is 341. The Balaban J connectivity index is 2.93. The average molecular weight is 226 g/mol. The zero-order chi connectivity index (χ0) is 10.8. The molecule has 1 nitrogen and oxygen atoms in total. The second-order valence-corrected chi connectivity index (χ2v) is 2.73. The molecular weight excluding hydrogens is 222 g/mol. The molecule has 0 amide bonds. The summed E-state index contributed by atoms with van der Waals surface area (Å²) in [7, 11) is 0. The number of aliphatic imine (C=N–C) groups is 1. The van der Waals surface area contributed by atoms with Crippen LogP contribution in [0.5, 0.6) is 0 Å². The average Bonchev–Trinajstić information content (AvgIpc) is 2.07. The molecule has 0 aromatic heterocycles. The van der Waals surface area contributed by atoms with Gasteiger partial charge in [-0.2, -0.15) is 13.2 Å². The third-order valence-corrected chi connectivity index (χ3v) is 1.59. The van der Waals surface area contributed by atoms with Crippen molar-refractivity contribution in [3.63, 3.8) is 0 Å². The van der Waals surface area contributed by atoms with Gasteiger partial charge in [0.15, 0.2) is 0 Å². The van der Waals surface area contributed by atoms with Crippen LogP contribution in [0.3, 0.4) is 0 Å². The molecule has 0 saturated heterocycles. The second kappa shape index (κ2) is 3.96. The Hall–Kier alpha value is -1.10. The highest BCUT2D eigenvalue weighted by Gasteiger charge is 2.34. The summed E-state index contributed by atoms with van der Waals surface area (Å²) < 4.78 is 48.0. The van der Waals surface area contributed by atoms with E-state index in [2.05, 4.69) is 4.99 Å². The fourth-order valence-corrected chi connectivity index (χ4v) is 0.790. The second-order valence-electron chi connectivity index (χ2n) is 2.38. The monoisotopic (exact) mass is 225 g/mol. The van der Waals surface area contributed by atoms with Crippen LogP contribution in [0.25, 0.3) is 0 Å². The Morgan fingerprint density at radius 3 is 2.07 bits per heavy atom. The molecule has 76 valence electrons. The van der Waals surface area contributed by atoms with Gasteiger partial charge in [0, 0.05) is 0 Å². The fourth-order valence-electron chi connectivity index (χ4n) is 0.692. The Kier molecular flexibility index (Phi) is 3.10. The summed E-state index contributed by atoms with van der Waals surface area (Å²) in [4.78, 5) is 3.06. The molecule has 1 rings (SSSR count). The van der Waals surface area contributed by atoms with Crippen molar-refractivity contribution in [1.82, 2.24) is 0 Å². The summed E-state index contributed by atoms with van der Waals surface area (Å²) in [6, 6.07) is 4.20. The van der Waals surface area contributed by atoms with Gasteiger partial charge in [0.1, 0.15) is 5.82 Å². The maximum absolute atomic E-state index is 12.4. The number of hydrogen-bond donors (Lipinski definition) is 0. The SMILES string of the molecule is Fc1ccc(/N=C(/Cl)C(F)(F)F)cc1. The van der Waals surface area contributed by atoms with Gasteiger partial charge in [-0.1, -0.05) is 11.6 Å². The lowest BCUT2D eigenvalue weighted by Gasteiger charge is -2.02. The molecule has 0 aliphatic rings. The smallest absolute Gasteiger partial charge is 0.232 e. The summed E-state index contributed by atoms with van der Waals surface area (Å²) >= 11 is 4.86. The van der Waals surface area contributed by atoms with Crippen molar-refractivity contribution in [3.8, 4) is 0 Å². The van der Waals surface area contributed by atoms with Crippen LogP contribution in [0.1, 0.15) is 0 Å². The van der Waals surface area contributed by atoms with E-state index in [-0.39, 0.29) is 5.69 Å². The van der Waals surface area contributed by atoms with Crippen LogP contribution in [0.15, 0.2) is 29.3 Å². The van der Waals surface area contributed by atoms with E-state index < -0.39 is 17.2 Å². The quantitative estimate of drug-likeness (QED) is 0.511. The normalized spacial score (nSPS) is 13.1. The predicted octanol–water partition coefficient (Wildman–Crippen LogP) is 3.66. The first-order valence-corrected chi connectivity index (χ1v) is 3.84. The topological polar surface area (TPSA) is 12.4 Å². The lowest BCUT2D eigenvalue weighted by atomic mass is 10.3. The summed E-state index contributed by atoms with van der Waals surface area (Å²) in [6.07, 6.45) is -4.67. The minimum atomic E-state index is -4.67. The van der Waals surface area contributed by atoms with Crippen molar-refractivity contribution in [2.24, 2.45) is 4.99 Å². The van der Waals surface area contributed by atoms with Gasteiger partial charge in [0.05, 0.1) is 5.69 Å². The maximum Gasteiger partial charge on any atom is 0.444 e. The van der Waals surface area contributed by atoms with Crippen molar-refractivity contribution in [3.05, 3.63) is 30.1 Å². The van der Waals surface area contributed by atoms with E-state index in [4.69, 9.17) is 11.6 Å². The molecule has 0 saturated carbocycles. The molecule has 14 heavy (non-hydrogen) atoms. The van der Waals surface area contributed by atoms with Crippen LogP contribution in [0, 0.1) is 5.82 Å². The highest BCUT2D eigenvalue weighted by atomic mass is 35.5. The molecule has 0 heterocycles. The predicted molar refractivity (Wildman–Crippen MR) is 45.4 cm³/mol. The van der Waals surface area contributed by atoms with Crippen LogP contribution in [0.4, 0.5) is 23.2 Å². The van der Waals surface area contributed by atoms with E-state index in [1.807, 2.05) is 0 Å². The third-order valence-electron chi connectivity index (χ3n) is 1.29. The molecule has 0 N–H and O–H groups in total. The van der Waals surface area contributed by atoms with Crippen molar-refractivity contribution >= 4 is 22.5 Å². The van der Waals surface area contributed by atoms with Crippen molar-refractivity contribution < 1.29 is 17.6 Å². The van der Waals surface area contributed by atoms with Gasteiger partial charge < -0.3 is 0 Å². The largest absolute Gasteiger partial charge is 0.444 e. The molecule has 0 aliphatic heterocycles. The number of rotatable bonds is 1. The van der Waals surface area contributed by atoms with E-state index in [1.165, 1.54) is 0 Å². The molecule has 0 atom stereocenters. The molecule has 0 spiro atoms. The van der Waals surface area contributed by atoms with Crippen molar-refractivity contribution in [1.29, 1.82) is 0 Å². The molecular formula is C8H4ClF4N. The summed E-state index contributed by atoms with van der Waals surface area (Å²) in [6.45, 7) is 0. The Labute approximate surface area is 82.0 Å². The third kappa shape index (κ3) is 2.99. The fraction of sp³-hybridized carbons (Fsp3) is 0.125. The maximum atomic E-state index is 12.4. The summed E-state index contributed by atoms with van der Waals surface area (Å²) in [5.74, 6) is -0.549. The number of alkyl halides is 3. The van der Waals surface area contributed by atoms with Crippen LogP contribution in [0.2, 0.25) is 0 Å². The zero-order valence-corrected chi connectivity index (χ0v) is 7.40. The minimum absolute atomic E-state index is 0.0475. The van der Waals surface area contributed by atoms with Gasteiger partial charge in [-0.05, 0) is 24.3 Å². The highest BCUT2D eigenvalue weighted by molar-refractivity contribution is 6.67. The van der Waals surface area contributed by atoms with Gasteiger partial charge in [-0.3, -0.25) is 0 Å². The van der Waals surface area contributed by atoms with E-state index in [0.717, 1.165) is 24.3 Å². The van der Waals surface area contributed by atoms with Gasteiger partial charge in [0.25, 0.3) is 0 Å². The van der Waals surface area contributed by atoms with Gasteiger partial charge >= 0.3 is 6.18 Å². The van der Waals surface area contributed by atoms with Crippen LogP contribution in [-0.2, 0) is 0 Å². The first-order chi connectivity index (χ1) is 6.39. The molecule has 0 bridgehead atoms. The Morgan fingerprint density at radius 1 is 1.14 bits per heavy atom. The molecule has 1 aromatic rings. The number of nitrogens with zero attached hydrogens (tertiary/aromatic N) is 1. The lowest BCUT2D eigenvalue weighted by Crippen LogP contribution is -2.16. The lowest BCUT2D eigenvalue weighted by molar-refractivity contribution is -0.0558. The molecule has 6 heteroatoms. The van der Waals surface area contributed by atoms with Crippen molar-refractivity contribution in [2.45, 2.75) is 6.18 Å². The molecule has 0 fully saturated rings. The van der Waals surface area contributed by atoms with Crippen LogP contribution < -0.4 is 0 Å². The van der Waals surface area contributed by atoms with Gasteiger partial charge in [-0.25, -0.2) is 9.38 Å². The first-order valence-electron chi connectivity index (χ1n) is 3.46. The van der Waals surface area contributed by atoms with Crippen molar-refractivity contribution in [2.75, 3.05) is 0 Å². The number of benzene rings is 1. The number of halogens is 5. The molecule has 0 radical (unpaired) electrons. The van der Waals surface area contributed by atoms with Crippen LogP contribution >= 0.6 is 11.6 Å². The summed E-state index contributed by atoms with van der Waals surface area (Å²) in [5, 5.41) is -1.48. The highest BCUT2D eigenvalue weighted by Crippen LogP contribution is 2.23. The number of hydrogen-bond acceptors (Lipinski definition) is 1. The Morgan fingerprint density at radius 2 is 1.64 bits per heavy atom. The zero-order valence-electron chi connectivity index (χ0n) is 6.65. The minimum Gasteiger partial charge on any atom is -0.232 e. The van der Waals surface area contributed by atoms with E-state index in [1.54, 1.807) is 0 Å². The first kappa shape index (κ1) is 11.0. The molecule has 1 aromatic carbocycles. The van der Waals surface area contributed by atoms with E-state index >= 15 is 0 Å². The molecule has 0 unspecified atom stereocenters. The van der Waals surface area contributed by atoms with Crippen LogP contribution in [-0.4, -0.2) is 11.3 Å². The molecule has 0 aliphatic carbocycles. The van der Waals surface area contributed by atoms with Gasteiger partial charge in [0.2, 0.25) is 5.17 Å². The van der Waals surface area contributed by atoms with E-state index in [0.29, 0.717) is 0 Å². The van der Waals surface area contributed by atoms with Gasteiger partial charge in [-0.15, -0.1) is 0 Å². The summed E-state index contributed by atoms with van der Waals surface area (Å²) in [5.41, 5.74) is -0.0475.